The van der Waals surface area contributed by atoms with Crippen LogP contribution in [0.2, 0.25) is 0 Å². The van der Waals surface area contributed by atoms with E-state index >= 15 is 0 Å². The van der Waals surface area contributed by atoms with Crippen LogP contribution < -0.4 is 10.1 Å². The molecule has 1 heterocycles. The first-order valence-corrected chi connectivity index (χ1v) is 6.28. The first-order chi connectivity index (χ1) is 8.69. The molecule has 0 spiro atoms. The zero-order chi connectivity index (χ0) is 13.0. The van der Waals surface area contributed by atoms with Gasteiger partial charge in [0.1, 0.15) is 5.75 Å². The van der Waals surface area contributed by atoms with E-state index in [4.69, 9.17) is 9.84 Å². The molecule has 2 N–H and O–H groups in total. The van der Waals surface area contributed by atoms with Crippen molar-refractivity contribution >= 4 is 5.97 Å². The van der Waals surface area contributed by atoms with E-state index in [2.05, 4.69) is 11.4 Å². The number of hydrogen-bond donors (Lipinski definition) is 2. The number of piperidine rings is 1. The third-order valence-electron chi connectivity index (χ3n) is 3.48. The van der Waals surface area contributed by atoms with Crippen LogP contribution in [0.3, 0.4) is 0 Å². The van der Waals surface area contributed by atoms with Gasteiger partial charge >= 0.3 is 5.97 Å². The fraction of sp³-hybridized carbons (Fsp3) is 0.500. The second-order valence-corrected chi connectivity index (χ2v) is 4.78. The normalized spacial score (nSPS) is 23.6. The maximum atomic E-state index is 10.7. The minimum Gasteiger partial charge on any atom is -0.497 e. The van der Waals surface area contributed by atoms with Gasteiger partial charge in [0.15, 0.2) is 0 Å². The van der Waals surface area contributed by atoms with Gasteiger partial charge in [-0.1, -0.05) is 12.1 Å². The van der Waals surface area contributed by atoms with Crippen molar-refractivity contribution in [3.63, 3.8) is 0 Å². The fourth-order valence-electron chi connectivity index (χ4n) is 2.48. The van der Waals surface area contributed by atoms with Gasteiger partial charge < -0.3 is 15.2 Å². The molecule has 1 aromatic carbocycles. The summed E-state index contributed by atoms with van der Waals surface area (Å²) in [7, 11) is 1.66. The van der Waals surface area contributed by atoms with Crippen LogP contribution in [0.1, 0.15) is 30.9 Å². The summed E-state index contributed by atoms with van der Waals surface area (Å²) in [5.74, 6) is 0.410. The molecular formula is C14H19NO3. The highest BCUT2D eigenvalue weighted by Gasteiger charge is 2.23. The molecule has 0 aliphatic carbocycles. The Kier molecular flexibility index (Phi) is 4.20. The Balaban J connectivity index is 1.94. The minimum absolute atomic E-state index is 0.254. The Hall–Kier alpha value is -1.55. The van der Waals surface area contributed by atoms with Crippen molar-refractivity contribution in [2.24, 2.45) is 5.92 Å². The molecular weight excluding hydrogens is 230 g/mol. The molecule has 2 unspecified atom stereocenters. The zero-order valence-corrected chi connectivity index (χ0v) is 10.6. The van der Waals surface area contributed by atoms with Crippen LogP contribution in [0.4, 0.5) is 0 Å². The van der Waals surface area contributed by atoms with Gasteiger partial charge in [0, 0.05) is 12.5 Å². The molecule has 0 radical (unpaired) electrons. The van der Waals surface area contributed by atoms with E-state index in [1.807, 2.05) is 18.2 Å². The third kappa shape index (κ3) is 3.23. The monoisotopic (exact) mass is 249 g/mol. The van der Waals surface area contributed by atoms with E-state index in [1.54, 1.807) is 7.11 Å². The highest BCUT2D eigenvalue weighted by molar-refractivity contribution is 5.67. The molecule has 2 atom stereocenters. The Labute approximate surface area is 107 Å². The number of carboxylic acids is 1. The zero-order valence-electron chi connectivity index (χ0n) is 10.6. The summed E-state index contributed by atoms with van der Waals surface area (Å²) in [4.78, 5) is 10.7. The van der Waals surface area contributed by atoms with Crippen molar-refractivity contribution in [3.05, 3.63) is 29.8 Å². The van der Waals surface area contributed by atoms with Gasteiger partial charge in [-0.3, -0.25) is 4.79 Å². The Bertz CT molecular complexity index is 411. The lowest BCUT2D eigenvalue weighted by atomic mass is 9.89. The fourth-order valence-corrected chi connectivity index (χ4v) is 2.48. The minimum atomic E-state index is -0.707. The molecule has 4 heteroatoms. The van der Waals surface area contributed by atoms with Gasteiger partial charge in [0.25, 0.3) is 0 Å². The molecule has 0 aromatic heterocycles. The van der Waals surface area contributed by atoms with Crippen LogP contribution >= 0.6 is 0 Å². The summed E-state index contributed by atoms with van der Waals surface area (Å²) in [5.41, 5.74) is 1.21. The quantitative estimate of drug-likeness (QED) is 0.859. The lowest BCUT2D eigenvalue weighted by molar-refractivity contribution is -0.138. The molecule has 1 fully saturated rings. The summed E-state index contributed by atoms with van der Waals surface area (Å²) >= 11 is 0. The number of benzene rings is 1. The predicted octanol–water partition coefficient (Wildman–Crippen LogP) is 2.21. The number of rotatable bonds is 4. The second-order valence-electron chi connectivity index (χ2n) is 4.78. The molecule has 1 aliphatic heterocycles. The van der Waals surface area contributed by atoms with Crippen molar-refractivity contribution < 1.29 is 14.6 Å². The van der Waals surface area contributed by atoms with E-state index in [1.165, 1.54) is 5.56 Å². The van der Waals surface area contributed by atoms with Crippen LogP contribution in [0.25, 0.3) is 0 Å². The van der Waals surface area contributed by atoms with E-state index in [0.29, 0.717) is 6.04 Å². The SMILES string of the molecule is COc1cccc(C2CCC(CC(=O)O)CN2)c1. The lowest BCUT2D eigenvalue weighted by Gasteiger charge is -2.29. The number of methoxy groups -OCH3 is 1. The van der Waals surface area contributed by atoms with Gasteiger partial charge in [0.05, 0.1) is 7.11 Å². The summed E-state index contributed by atoms with van der Waals surface area (Å²) in [6.45, 7) is 0.772. The van der Waals surface area contributed by atoms with Crippen LogP contribution in [0, 0.1) is 5.92 Å². The van der Waals surface area contributed by atoms with Gasteiger partial charge in [-0.05, 0) is 43.0 Å². The average Bonchev–Trinajstić information content (AvgIpc) is 2.39. The number of hydrogen-bond acceptors (Lipinski definition) is 3. The van der Waals surface area contributed by atoms with Gasteiger partial charge in [0.2, 0.25) is 0 Å². The van der Waals surface area contributed by atoms with E-state index in [-0.39, 0.29) is 12.3 Å². The molecule has 4 nitrogen and oxygen atoms in total. The maximum absolute atomic E-state index is 10.7. The number of carbonyl (C=O) groups is 1. The largest absolute Gasteiger partial charge is 0.497 e. The molecule has 0 bridgehead atoms. The molecule has 18 heavy (non-hydrogen) atoms. The van der Waals surface area contributed by atoms with E-state index < -0.39 is 5.97 Å². The first-order valence-electron chi connectivity index (χ1n) is 6.28. The summed E-state index contributed by atoms with van der Waals surface area (Å²) in [6, 6.07) is 8.34. The number of aliphatic carboxylic acids is 1. The number of ether oxygens (including phenoxy) is 1. The van der Waals surface area contributed by atoms with Crippen LogP contribution in [-0.4, -0.2) is 24.7 Å². The number of nitrogens with one attached hydrogen (secondary N) is 1. The Morgan fingerprint density at radius 2 is 2.33 bits per heavy atom. The van der Waals surface area contributed by atoms with Crippen molar-refractivity contribution in [2.75, 3.05) is 13.7 Å². The molecule has 1 saturated heterocycles. The van der Waals surface area contributed by atoms with Crippen molar-refractivity contribution in [1.82, 2.24) is 5.32 Å². The summed E-state index contributed by atoms with van der Waals surface area (Å²) in [5, 5.41) is 12.2. The highest BCUT2D eigenvalue weighted by atomic mass is 16.5. The molecule has 0 amide bonds. The van der Waals surface area contributed by atoms with Crippen LogP contribution in [-0.2, 0) is 4.79 Å². The molecule has 98 valence electrons. The summed E-state index contributed by atoms with van der Waals surface area (Å²) < 4.78 is 5.21. The standard InChI is InChI=1S/C14H19NO3/c1-18-12-4-2-3-11(8-12)13-6-5-10(9-15-13)7-14(16)17/h2-4,8,10,13,15H,5-7,9H2,1H3,(H,16,17). The van der Waals surface area contributed by atoms with Gasteiger partial charge in [-0.25, -0.2) is 0 Å². The van der Waals surface area contributed by atoms with Crippen LogP contribution in [0.15, 0.2) is 24.3 Å². The van der Waals surface area contributed by atoms with Gasteiger partial charge in [-0.2, -0.15) is 0 Å². The van der Waals surface area contributed by atoms with Crippen molar-refractivity contribution in [3.8, 4) is 5.75 Å². The van der Waals surface area contributed by atoms with Crippen molar-refractivity contribution in [2.45, 2.75) is 25.3 Å². The summed E-state index contributed by atoms with van der Waals surface area (Å²) in [6.07, 6.45) is 2.20. The molecule has 1 aliphatic rings. The third-order valence-corrected chi connectivity index (χ3v) is 3.48. The maximum Gasteiger partial charge on any atom is 0.303 e. The smallest absolute Gasteiger partial charge is 0.303 e. The van der Waals surface area contributed by atoms with Crippen molar-refractivity contribution in [1.29, 1.82) is 0 Å². The topological polar surface area (TPSA) is 58.6 Å². The predicted molar refractivity (Wildman–Crippen MR) is 68.7 cm³/mol. The molecule has 1 aromatic rings. The Morgan fingerprint density at radius 1 is 1.50 bits per heavy atom. The van der Waals surface area contributed by atoms with E-state index in [9.17, 15) is 4.79 Å². The first kappa shape index (κ1) is 12.9. The second kappa shape index (κ2) is 5.87. The average molecular weight is 249 g/mol. The molecule has 2 rings (SSSR count). The van der Waals surface area contributed by atoms with Gasteiger partial charge in [-0.15, -0.1) is 0 Å². The lowest BCUT2D eigenvalue weighted by Crippen LogP contribution is -2.34. The Morgan fingerprint density at radius 3 is 2.94 bits per heavy atom. The highest BCUT2D eigenvalue weighted by Crippen LogP contribution is 2.28. The van der Waals surface area contributed by atoms with E-state index in [0.717, 1.165) is 25.1 Å². The molecule has 0 saturated carbocycles. The number of carboxylic acid groups (broad SMARTS) is 1. The van der Waals surface area contributed by atoms with Crippen LogP contribution in [0.5, 0.6) is 5.75 Å².